The van der Waals surface area contributed by atoms with Crippen molar-refractivity contribution in [1.82, 2.24) is 10.2 Å². The Bertz CT molecular complexity index is 316. The van der Waals surface area contributed by atoms with Crippen LogP contribution >= 0.6 is 11.6 Å². The first-order valence-electron chi connectivity index (χ1n) is 4.62. The molecule has 0 aromatic carbocycles. The van der Waals surface area contributed by atoms with Crippen molar-refractivity contribution in [3.63, 3.8) is 0 Å². The minimum Gasteiger partial charge on any atom is -0.396 e. The van der Waals surface area contributed by atoms with Gasteiger partial charge in [0.1, 0.15) is 0 Å². The molecule has 0 radical (unpaired) electrons. The summed E-state index contributed by atoms with van der Waals surface area (Å²) in [6.45, 7) is 0.105. The summed E-state index contributed by atoms with van der Waals surface area (Å²) < 4.78 is 0. The molecule has 0 aliphatic heterocycles. The van der Waals surface area contributed by atoms with Crippen LogP contribution in [-0.2, 0) is 4.79 Å². The first kappa shape index (κ1) is 11.9. The van der Waals surface area contributed by atoms with Crippen LogP contribution < -0.4 is 5.32 Å². The number of aliphatic hydroxyl groups excluding tert-OH is 1. The minimum atomic E-state index is -0.139. The Balaban J connectivity index is 2.34. The van der Waals surface area contributed by atoms with Crippen molar-refractivity contribution in [3.05, 3.63) is 17.3 Å². The van der Waals surface area contributed by atoms with E-state index in [4.69, 9.17) is 16.7 Å². The summed E-state index contributed by atoms with van der Waals surface area (Å²) in [6, 6.07) is 3.14. The number of unbranched alkanes of at least 4 members (excludes halogenated alkanes) is 1. The van der Waals surface area contributed by atoms with E-state index < -0.39 is 0 Å². The van der Waals surface area contributed by atoms with E-state index in [0.717, 1.165) is 0 Å². The summed E-state index contributed by atoms with van der Waals surface area (Å²) in [5, 5.41) is 18.7. The van der Waals surface area contributed by atoms with Gasteiger partial charge in [-0.3, -0.25) is 4.79 Å². The van der Waals surface area contributed by atoms with Gasteiger partial charge in [0.25, 0.3) is 0 Å². The van der Waals surface area contributed by atoms with E-state index >= 15 is 0 Å². The van der Waals surface area contributed by atoms with Gasteiger partial charge < -0.3 is 10.4 Å². The molecule has 1 heterocycles. The lowest BCUT2D eigenvalue weighted by Crippen LogP contribution is -2.12. The number of amides is 1. The zero-order chi connectivity index (χ0) is 11.1. The molecule has 0 spiro atoms. The van der Waals surface area contributed by atoms with Crippen molar-refractivity contribution < 1.29 is 9.90 Å². The topological polar surface area (TPSA) is 75.1 Å². The second-order valence-corrected chi connectivity index (χ2v) is 3.36. The largest absolute Gasteiger partial charge is 0.396 e. The number of anilines is 1. The Hall–Kier alpha value is -1.20. The highest BCUT2D eigenvalue weighted by Crippen LogP contribution is 2.06. The van der Waals surface area contributed by atoms with Gasteiger partial charge in [-0.05, 0) is 25.0 Å². The quantitative estimate of drug-likeness (QED) is 0.745. The highest BCUT2D eigenvalue weighted by atomic mass is 35.5. The summed E-state index contributed by atoms with van der Waals surface area (Å²) in [5.74, 6) is 0.244. The van der Waals surface area contributed by atoms with Crippen molar-refractivity contribution in [2.24, 2.45) is 0 Å². The standard InChI is InChI=1S/C9H12ClN3O2/c10-7-4-5-8(13-12-7)11-9(15)3-1-2-6-14/h4-5,14H,1-3,6H2,(H,11,13,15). The first-order valence-corrected chi connectivity index (χ1v) is 5.00. The van der Waals surface area contributed by atoms with E-state index in [-0.39, 0.29) is 17.7 Å². The summed E-state index contributed by atoms with van der Waals surface area (Å²) >= 11 is 5.54. The van der Waals surface area contributed by atoms with Gasteiger partial charge in [-0.15, -0.1) is 10.2 Å². The van der Waals surface area contributed by atoms with Gasteiger partial charge >= 0.3 is 0 Å². The number of halogens is 1. The molecule has 15 heavy (non-hydrogen) atoms. The van der Waals surface area contributed by atoms with Crippen LogP contribution in [0.1, 0.15) is 19.3 Å². The van der Waals surface area contributed by atoms with Crippen LogP contribution in [-0.4, -0.2) is 27.8 Å². The van der Waals surface area contributed by atoms with E-state index in [1.807, 2.05) is 0 Å². The second kappa shape index (κ2) is 6.31. The van der Waals surface area contributed by atoms with Crippen molar-refractivity contribution in [2.45, 2.75) is 19.3 Å². The van der Waals surface area contributed by atoms with Crippen LogP contribution in [0.4, 0.5) is 5.82 Å². The molecule has 0 atom stereocenters. The molecule has 1 amide bonds. The van der Waals surface area contributed by atoms with Gasteiger partial charge in [-0.25, -0.2) is 0 Å². The van der Waals surface area contributed by atoms with Crippen molar-refractivity contribution in [2.75, 3.05) is 11.9 Å². The maximum Gasteiger partial charge on any atom is 0.225 e. The third kappa shape index (κ3) is 4.71. The monoisotopic (exact) mass is 229 g/mol. The van der Waals surface area contributed by atoms with Crippen molar-refractivity contribution in [1.29, 1.82) is 0 Å². The van der Waals surface area contributed by atoms with E-state index in [2.05, 4.69) is 15.5 Å². The van der Waals surface area contributed by atoms with Gasteiger partial charge in [0, 0.05) is 13.0 Å². The highest BCUT2D eigenvalue weighted by Gasteiger charge is 2.03. The molecule has 0 unspecified atom stereocenters. The summed E-state index contributed by atoms with van der Waals surface area (Å²) in [7, 11) is 0. The van der Waals surface area contributed by atoms with Gasteiger partial charge in [0.2, 0.25) is 5.91 Å². The maximum absolute atomic E-state index is 11.3. The number of carbonyl (C=O) groups excluding carboxylic acids is 1. The Morgan fingerprint density at radius 1 is 1.40 bits per heavy atom. The molecule has 1 aromatic rings. The Labute approximate surface area is 92.5 Å². The van der Waals surface area contributed by atoms with E-state index in [9.17, 15) is 4.79 Å². The molecular weight excluding hydrogens is 218 g/mol. The van der Waals surface area contributed by atoms with Crippen LogP contribution in [0.25, 0.3) is 0 Å². The fourth-order valence-corrected chi connectivity index (χ4v) is 1.09. The van der Waals surface area contributed by atoms with Crippen molar-refractivity contribution >= 4 is 23.3 Å². The Morgan fingerprint density at radius 2 is 2.20 bits per heavy atom. The lowest BCUT2D eigenvalue weighted by atomic mass is 10.2. The van der Waals surface area contributed by atoms with Crippen LogP contribution in [0.3, 0.4) is 0 Å². The summed E-state index contributed by atoms with van der Waals surface area (Å²) in [6.07, 6.45) is 1.65. The zero-order valence-electron chi connectivity index (χ0n) is 8.11. The molecule has 0 saturated carbocycles. The van der Waals surface area contributed by atoms with Crippen LogP contribution in [0.2, 0.25) is 5.15 Å². The van der Waals surface area contributed by atoms with Crippen LogP contribution in [0.15, 0.2) is 12.1 Å². The lowest BCUT2D eigenvalue weighted by molar-refractivity contribution is -0.116. The summed E-state index contributed by atoms with van der Waals surface area (Å²) in [4.78, 5) is 11.3. The highest BCUT2D eigenvalue weighted by molar-refractivity contribution is 6.29. The number of nitrogens with one attached hydrogen (secondary N) is 1. The molecular formula is C9H12ClN3O2. The number of carbonyl (C=O) groups is 1. The Kier molecular flexibility index (Phi) is 5.00. The number of rotatable bonds is 5. The van der Waals surface area contributed by atoms with Crippen LogP contribution in [0, 0.1) is 0 Å². The minimum absolute atomic E-state index is 0.105. The maximum atomic E-state index is 11.3. The molecule has 82 valence electrons. The fourth-order valence-electron chi connectivity index (χ4n) is 0.985. The van der Waals surface area contributed by atoms with E-state index in [0.29, 0.717) is 25.1 Å². The molecule has 0 aliphatic rings. The average molecular weight is 230 g/mol. The molecule has 5 nitrogen and oxygen atoms in total. The average Bonchev–Trinajstić information content (AvgIpc) is 2.22. The van der Waals surface area contributed by atoms with Gasteiger partial charge in [0.05, 0.1) is 0 Å². The number of hydrogen-bond donors (Lipinski definition) is 2. The zero-order valence-corrected chi connectivity index (χ0v) is 8.87. The third-order valence-electron chi connectivity index (χ3n) is 1.71. The second-order valence-electron chi connectivity index (χ2n) is 2.97. The number of hydrogen-bond acceptors (Lipinski definition) is 4. The number of aliphatic hydroxyl groups is 1. The fraction of sp³-hybridized carbons (Fsp3) is 0.444. The normalized spacial score (nSPS) is 10.0. The lowest BCUT2D eigenvalue weighted by Gasteiger charge is -2.02. The predicted octanol–water partition coefficient (Wildman–Crippen LogP) is 1.23. The SMILES string of the molecule is O=C(CCCCO)Nc1ccc(Cl)nn1. The number of aromatic nitrogens is 2. The van der Waals surface area contributed by atoms with E-state index in [1.165, 1.54) is 0 Å². The van der Waals surface area contributed by atoms with Gasteiger partial charge in [0.15, 0.2) is 11.0 Å². The molecule has 2 N–H and O–H groups in total. The molecule has 0 aliphatic carbocycles. The first-order chi connectivity index (χ1) is 7.22. The van der Waals surface area contributed by atoms with Gasteiger partial charge in [-0.2, -0.15) is 0 Å². The Morgan fingerprint density at radius 3 is 2.80 bits per heavy atom. The predicted molar refractivity (Wildman–Crippen MR) is 56.6 cm³/mol. The van der Waals surface area contributed by atoms with Crippen molar-refractivity contribution in [3.8, 4) is 0 Å². The smallest absolute Gasteiger partial charge is 0.225 e. The molecule has 0 bridgehead atoms. The molecule has 0 saturated heterocycles. The van der Waals surface area contributed by atoms with Crippen LogP contribution in [0.5, 0.6) is 0 Å². The molecule has 6 heteroatoms. The molecule has 1 rings (SSSR count). The molecule has 0 fully saturated rings. The number of nitrogens with zero attached hydrogens (tertiary/aromatic N) is 2. The summed E-state index contributed by atoms with van der Waals surface area (Å²) in [5.41, 5.74) is 0. The van der Waals surface area contributed by atoms with E-state index in [1.54, 1.807) is 12.1 Å². The van der Waals surface area contributed by atoms with Gasteiger partial charge in [-0.1, -0.05) is 11.6 Å². The third-order valence-corrected chi connectivity index (χ3v) is 1.91. The molecule has 1 aromatic heterocycles.